The Balaban J connectivity index is 0.00000400. The van der Waals surface area contributed by atoms with Crippen LogP contribution in [0, 0.1) is 0 Å². The molecular formula is C14H25ClN2O4. The minimum atomic E-state index is -0.0948. The van der Waals surface area contributed by atoms with Gasteiger partial charge in [0.1, 0.15) is 24.7 Å². The lowest BCUT2D eigenvalue weighted by molar-refractivity contribution is 0.184. The molecule has 21 heavy (non-hydrogen) atoms. The van der Waals surface area contributed by atoms with E-state index in [9.17, 15) is 0 Å². The molecule has 1 rings (SSSR count). The van der Waals surface area contributed by atoms with Gasteiger partial charge in [0.25, 0.3) is 0 Å². The lowest BCUT2D eigenvalue weighted by Gasteiger charge is -2.16. The van der Waals surface area contributed by atoms with Crippen LogP contribution in [0.25, 0.3) is 0 Å². The van der Waals surface area contributed by atoms with Gasteiger partial charge in [0, 0.05) is 6.07 Å². The van der Waals surface area contributed by atoms with Crippen LogP contribution in [0.2, 0.25) is 0 Å². The summed E-state index contributed by atoms with van der Waals surface area (Å²) in [5.74, 6) is 1.36. The molecule has 0 amide bonds. The van der Waals surface area contributed by atoms with Crippen molar-refractivity contribution >= 4 is 12.4 Å². The highest BCUT2D eigenvalue weighted by Gasteiger charge is 2.07. The van der Waals surface area contributed by atoms with Gasteiger partial charge in [-0.3, -0.25) is 0 Å². The predicted octanol–water partition coefficient (Wildman–Crippen LogP) is 0.0266. The Morgan fingerprint density at radius 1 is 0.952 bits per heavy atom. The van der Waals surface area contributed by atoms with Gasteiger partial charge in [-0.2, -0.15) is 0 Å². The predicted molar refractivity (Wildman–Crippen MR) is 84.5 cm³/mol. The van der Waals surface area contributed by atoms with Crippen LogP contribution in [0.5, 0.6) is 11.5 Å². The molecular weight excluding hydrogens is 296 g/mol. The SMILES string of the molecule is CNC(CO)COc1cccc(OCC(CO)NC)c1.Cl. The molecule has 6 nitrogen and oxygen atoms in total. The number of benzene rings is 1. The number of aliphatic hydroxyl groups excluding tert-OH is 2. The Morgan fingerprint density at radius 3 is 1.71 bits per heavy atom. The van der Waals surface area contributed by atoms with Crippen molar-refractivity contribution in [3.05, 3.63) is 24.3 Å². The Morgan fingerprint density at radius 2 is 1.38 bits per heavy atom. The van der Waals surface area contributed by atoms with E-state index >= 15 is 0 Å². The molecule has 0 aromatic heterocycles. The number of hydrogen-bond donors (Lipinski definition) is 4. The minimum Gasteiger partial charge on any atom is -0.492 e. The maximum Gasteiger partial charge on any atom is 0.123 e. The van der Waals surface area contributed by atoms with Gasteiger partial charge in [0.05, 0.1) is 25.3 Å². The summed E-state index contributed by atoms with van der Waals surface area (Å²) in [4.78, 5) is 0. The molecule has 0 heterocycles. The van der Waals surface area contributed by atoms with E-state index in [4.69, 9.17) is 19.7 Å². The van der Waals surface area contributed by atoms with Crippen molar-refractivity contribution in [2.24, 2.45) is 0 Å². The maximum absolute atomic E-state index is 9.06. The monoisotopic (exact) mass is 320 g/mol. The summed E-state index contributed by atoms with van der Waals surface area (Å²) in [5.41, 5.74) is 0. The highest BCUT2D eigenvalue weighted by molar-refractivity contribution is 5.85. The Kier molecular flexibility index (Phi) is 11.0. The molecule has 0 spiro atoms. The van der Waals surface area contributed by atoms with Crippen molar-refractivity contribution in [1.29, 1.82) is 0 Å². The van der Waals surface area contributed by atoms with Gasteiger partial charge in [0.15, 0.2) is 0 Å². The highest BCUT2D eigenvalue weighted by Crippen LogP contribution is 2.19. The second kappa shape index (κ2) is 11.6. The number of nitrogens with one attached hydrogen (secondary N) is 2. The zero-order valence-electron chi connectivity index (χ0n) is 12.4. The molecule has 4 N–H and O–H groups in total. The van der Waals surface area contributed by atoms with E-state index in [-0.39, 0.29) is 37.7 Å². The van der Waals surface area contributed by atoms with Crippen LogP contribution >= 0.6 is 12.4 Å². The molecule has 0 aliphatic carbocycles. The summed E-state index contributed by atoms with van der Waals surface area (Å²) in [7, 11) is 3.55. The number of ether oxygens (including phenoxy) is 2. The second-order valence-corrected chi connectivity index (χ2v) is 4.43. The first-order valence-corrected chi connectivity index (χ1v) is 6.65. The Hall–Kier alpha value is -1.05. The average molecular weight is 321 g/mol. The molecule has 1 aromatic rings. The van der Waals surface area contributed by atoms with Gasteiger partial charge in [-0.25, -0.2) is 0 Å². The fourth-order valence-electron chi connectivity index (χ4n) is 1.50. The number of aliphatic hydroxyl groups is 2. The lowest BCUT2D eigenvalue weighted by Crippen LogP contribution is -2.35. The topological polar surface area (TPSA) is 83.0 Å². The summed E-state index contributed by atoms with van der Waals surface area (Å²) >= 11 is 0. The molecule has 122 valence electrons. The third kappa shape index (κ3) is 7.50. The quantitative estimate of drug-likeness (QED) is 0.487. The molecule has 0 bridgehead atoms. The van der Waals surface area contributed by atoms with Crippen molar-refractivity contribution in [2.75, 3.05) is 40.5 Å². The van der Waals surface area contributed by atoms with Crippen LogP contribution in [0.1, 0.15) is 0 Å². The van der Waals surface area contributed by atoms with E-state index in [0.29, 0.717) is 24.7 Å². The summed E-state index contributed by atoms with van der Waals surface area (Å²) in [6.45, 7) is 0.804. The lowest BCUT2D eigenvalue weighted by atomic mass is 10.3. The van der Waals surface area contributed by atoms with E-state index in [2.05, 4.69) is 10.6 Å². The molecule has 0 saturated heterocycles. The molecule has 0 aliphatic heterocycles. The first-order valence-electron chi connectivity index (χ1n) is 6.65. The van der Waals surface area contributed by atoms with Gasteiger partial charge in [-0.15, -0.1) is 12.4 Å². The van der Waals surface area contributed by atoms with Gasteiger partial charge in [0.2, 0.25) is 0 Å². The smallest absolute Gasteiger partial charge is 0.123 e. The third-order valence-electron chi connectivity index (χ3n) is 2.97. The van der Waals surface area contributed by atoms with Crippen LogP contribution in [0.3, 0.4) is 0 Å². The normalized spacial score (nSPS) is 13.1. The largest absolute Gasteiger partial charge is 0.492 e. The fraction of sp³-hybridized carbons (Fsp3) is 0.571. The van der Waals surface area contributed by atoms with Gasteiger partial charge >= 0.3 is 0 Å². The third-order valence-corrected chi connectivity index (χ3v) is 2.97. The average Bonchev–Trinajstić information content (AvgIpc) is 2.50. The summed E-state index contributed by atoms with van der Waals surface area (Å²) < 4.78 is 11.2. The van der Waals surface area contributed by atoms with Crippen molar-refractivity contribution in [3.63, 3.8) is 0 Å². The fourth-order valence-corrected chi connectivity index (χ4v) is 1.50. The molecule has 0 aliphatic rings. The van der Waals surface area contributed by atoms with E-state index in [1.54, 1.807) is 20.2 Å². The number of halogens is 1. The van der Waals surface area contributed by atoms with Crippen molar-refractivity contribution in [3.8, 4) is 11.5 Å². The van der Waals surface area contributed by atoms with Crippen LogP contribution < -0.4 is 20.1 Å². The Bertz CT molecular complexity index is 342. The van der Waals surface area contributed by atoms with Gasteiger partial charge in [-0.1, -0.05) is 6.07 Å². The van der Waals surface area contributed by atoms with E-state index < -0.39 is 0 Å². The summed E-state index contributed by atoms with van der Waals surface area (Å²) in [6, 6.07) is 7.10. The molecule has 0 fully saturated rings. The summed E-state index contributed by atoms with van der Waals surface area (Å²) in [5, 5.41) is 24.0. The van der Waals surface area contributed by atoms with Crippen LogP contribution in [-0.4, -0.2) is 62.8 Å². The van der Waals surface area contributed by atoms with E-state index in [1.807, 2.05) is 18.2 Å². The van der Waals surface area contributed by atoms with E-state index in [0.717, 1.165) is 0 Å². The van der Waals surface area contributed by atoms with E-state index in [1.165, 1.54) is 0 Å². The molecule has 0 radical (unpaired) electrons. The number of hydrogen-bond acceptors (Lipinski definition) is 6. The second-order valence-electron chi connectivity index (χ2n) is 4.43. The Labute approximate surface area is 131 Å². The molecule has 2 unspecified atom stereocenters. The molecule has 2 atom stereocenters. The van der Waals surface area contributed by atoms with Gasteiger partial charge in [-0.05, 0) is 26.2 Å². The first kappa shape index (κ1) is 19.9. The van der Waals surface area contributed by atoms with Crippen LogP contribution in [-0.2, 0) is 0 Å². The molecule has 0 saturated carbocycles. The zero-order valence-corrected chi connectivity index (χ0v) is 13.2. The first-order chi connectivity index (χ1) is 9.73. The van der Waals surface area contributed by atoms with Crippen molar-refractivity contribution < 1.29 is 19.7 Å². The standard InChI is InChI=1S/C14H24N2O4.ClH/c1-15-11(7-17)9-19-13-4-3-5-14(6-13)20-10-12(8-18)16-2;/h3-6,11-12,15-18H,7-10H2,1-2H3;1H. The minimum absolute atomic E-state index is 0. The van der Waals surface area contributed by atoms with Crippen LogP contribution in [0.4, 0.5) is 0 Å². The van der Waals surface area contributed by atoms with Gasteiger partial charge < -0.3 is 30.3 Å². The summed E-state index contributed by atoms with van der Waals surface area (Å²) in [6.07, 6.45) is 0. The number of rotatable bonds is 10. The zero-order chi connectivity index (χ0) is 14.8. The number of likely N-dealkylation sites (N-methyl/N-ethyl adjacent to an activating group) is 2. The van der Waals surface area contributed by atoms with Crippen molar-refractivity contribution in [2.45, 2.75) is 12.1 Å². The van der Waals surface area contributed by atoms with Crippen LogP contribution in [0.15, 0.2) is 24.3 Å². The molecule has 1 aromatic carbocycles. The van der Waals surface area contributed by atoms with Crippen molar-refractivity contribution in [1.82, 2.24) is 10.6 Å². The maximum atomic E-state index is 9.06. The highest BCUT2D eigenvalue weighted by atomic mass is 35.5. The molecule has 7 heteroatoms.